The molecule has 1 saturated heterocycles. The lowest BCUT2D eigenvalue weighted by atomic mass is 9.55. The third kappa shape index (κ3) is 5.89. The first-order chi connectivity index (χ1) is 17.0. The molecule has 0 spiro atoms. The number of aliphatic hydroxyl groups is 1. The third-order valence-corrected chi connectivity index (χ3v) is 9.05. The van der Waals surface area contributed by atoms with Gasteiger partial charge < -0.3 is 19.7 Å². The number of halogens is 1. The molecule has 3 fully saturated rings. The Hall–Kier alpha value is -1.56. The van der Waals surface area contributed by atoms with Crippen LogP contribution >= 0.6 is 11.6 Å². The molecular weight excluding hydrogens is 460 g/mol. The summed E-state index contributed by atoms with van der Waals surface area (Å²) in [5.41, 5.74) is 2.18. The van der Waals surface area contributed by atoms with Gasteiger partial charge in [-0.05, 0) is 80.2 Å². The Kier molecular flexibility index (Phi) is 8.83. The van der Waals surface area contributed by atoms with Gasteiger partial charge in [0.15, 0.2) is 0 Å². The van der Waals surface area contributed by atoms with Crippen LogP contribution in [0.5, 0.6) is 0 Å². The highest BCUT2D eigenvalue weighted by Gasteiger charge is 2.44. The molecule has 4 unspecified atom stereocenters. The number of amides is 1. The van der Waals surface area contributed by atoms with Crippen molar-refractivity contribution in [2.45, 2.75) is 71.8 Å². The van der Waals surface area contributed by atoms with E-state index in [9.17, 15) is 4.79 Å². The van der Waals surface area contributed by atoms with Gasteiger partial charge in [-0.1, -0.05) is 37.9 Å². The van der Waals surface area contributed by atoms with E-state index in [0.717, 1.165) is 74.9 Å². The molecule has 3 aliphatic rings. The molecule has 2 aromatic rings. The quantitative estimate of drug-likeness (QED) is 0.445. The lowest BCUT2D eigenvalue weighted by molar-refractivity contribution is -0.0370. The number of hydrogen-bond acceptors (Lipinski definition) is 3. The molecule has 2 saturated carbocycles. The predicted octanol–water partition coefficient (Wildman–Crippen LogP) is 6.30. The topological polar surface area (TPSA) is 63.5 Å². The van der Waals surface area contributed by atoms with Crippen molar-refractivity contribution >= 4 is 28.4 Å². The maximum Gasteiger partial charge on any atom is 0.253 e. The summed E-state index contributed by atoms with van der Waals surface area (Å²) in [6.07, 6.45) is 12.3. The summed E-state index contributed by atoms with van der Waals surface area (Å²) in [5, 5.41) is 11.8. The first-order valence-corrected chi connectivity index (χ1v) is 13.9. The molecule has 194 valence electrons. The van der Waals surface area contributed by atoms with Crippen LogP contribution in [0.4, 0.5) is 0 Å². The molecular formula is C29H43ClN2O3. The number of carbonyl (C=O) groups is 1. The number of aryl methyl sites for hydroxylation is 1. The van der Waals surface area contributed by atoms with Gasteiger partial charge in [0, 0.05) is 37.7 Å². The Morgan fingerprint density at radius 1 is 1.20 bits per heavy atom. The van der Waals surface area contributed by atoms with Crippen molar-refractivity contribution in [2.75, 3.05) is 26.9 Å². The molecule has 2 bridgehead atoms. The average Bonchev–Trinajstić information content (AvgIpc) is 3.18. The molecule has 1 aliphatic heterocycles. The number of nitrogens with one attached hydrogen (secondary N) is 1. The van der Waals surface area contributed by atoms with E-state index in [4.69, 9.17) is 21.4 Å². The van der Waals surface area contributed by atoms with Crippen LogP contribution in [0, 0.1) is 29.1 Å². The minimum atomic E-state index is 0.0125. The van der Waals surface area contributed by atoms with Crippen molar-refractivity contribution in [1.82, 2.24) is 9.88 Å². The second kappa shape index (κ2) is 11.7. The van der Waals surface area contributed by atoms with Crippen LogP contribution in [-0.4, -0.2) is 42.4 Å². The first kappa shape index (κ1) is 26.5. The molecule has 0 radical (unpaired) electrons. The minimum absolute atomic E-state index is 0.0125. The van der Waals surface area contributed by atoms with E-state index in [2.05, 4.69) is 29.8 Å². The Labute approximate surface area is 215 Å². The van der Waals surface area contributed by atoms with E-state index >= 15 is 0 Å². The number of benzene rings is 1. The van der Waals surface area contributed by atoms with E-state index < -0.39 is 0 Å². The monoisotopic (exact) mass is 502 g/mol. The second-order valence-electron chi connectivity index (χ2n) is 11.4. The molecule has 5 nitrogen and oxygen atoms in total. The van der Waals surface area contributed by atoms with Crippen LogP contribution in [0.2, 0.25) is 5.02 Å². The Morgan fingerprint density at radius 3 is 2.71 bits per heavy atom. The summed E-state index contributed by atoms with van der Waals surface area (Å²) >= 11 is 6.58. The highest BCUT2D eigenvalue weighted by molar-refractivity contribution is 6.36. The van der Waals surface area contributed by atoms with Gasteiger partial charge >= 0.3 is 0 Å². The standard InChI is InChI=1S/C28H39ClN2O2.CH4O/c1-3-20-12-22-11-19(2)13-28(14-20,15-22)8-9-30-27(32)23-16-31(10-7-21-17-33-18-21)25-6-4-5-24(29)26(23)25;1-2/h4-6,16,19-22H,3,7-15,17-18H2,1-2H3,(H,30,32);2H,1H3. The third-order valence-electron chi connectivity index (χ3n) is 8.73. The fraction of sp³-hybridized carbons (Fsp3) is 0.690. The maximum atomic E-state index is 13.3. The fourth-order valence-corrected chi connectivity index (χ4v) is 7.55. The number of fused-ring (bicyclic) bond motifs is 3. The summed E-state index contributed by atoms with van der Waals surface area (Å²) in [4.78, 5) is 13.3. The van der Waals surface area contributed by atoms with E-state index in [1.54, 1.807) is 0 Å². The van der Waals surface area contributed by atoms with Gasteiger partial charge in [-0.25, -0.2) is 0 Å². The molecule has 1 aromatic carbocycles. The molecule has 5 rings (SSSR count). The Balaban J connectivity index is 0.00000141. The zero-order chi connectivity index (χ0) is 25.0. The van der Waals surface area contributed by atoms with E-state index in [1.807, 2.05) is 18.3 Å². The lowest BCUT2D eigenvalue weighted by Gasteiger charge is -2.51. The summed E-state index contributed by atoms with van der Waals surface area (Å²) in [6, 6.07) is 5.94. The normalized spacial score (nSPS) is 28.2. The Morgan fingerprint density at radius 2 is 2.00 bits per heavy atom. The van der Waals surface area contributed by atoms with E-state index in [-0.39, 0.29) is 5.91 Å². The van der Waals surface area contributed by atoms with Crippen LogP contribution < -0.4 is 5.32 Å². The molecule has 4 atom stereocenters. The summed E-state index contributed by atoms with van der Waals surface area (Å²) in [5.74, 6) is 3.21. The number of aromatic nitrogens is 1. The van der Waals surface area contributed by atoms with Crippen LogP contribution in [-0.2, 0) is 11.3 Å². The maximum absolute atomic E-state index is 13.3. The molecule has 2 N–H and O–H groups in total. The van der Waals surface area contributed by atoms with Crippen molar-refractivity contribution < 1.29 is 14.6 Å². The van der Waals surface area contributed by atoms with Gasteiger partial charge in [-0.3, -0.25) is 4.79 Å². The number of carbonyl (C=O) groups excluding carboxylic acids is 1. The molecule has 1 amide bonds. The van der Waals surface area contributed by atoms with Gasteiger partial charge in [0.25, 0.3) is 5.91 Å². The predicted molar refractivity (Wildman–Crippen MR) is 143 cm³/mol. The number of ether oxygens (including phenoxy) is 1. The van der Waals surface area contributed by atoms with Crippen molar-refractivity contribution in [2.24, 2.45) is 29.1 Å². The van der Waals surface area contributed by atoms with Crippen LogP contribution in [0.25, 0.3) is 10.9 Å². The highest BCUT2D eigenvalue weighted by Crippen LogP contribution is 2.55. The minimum Gasteiger partial charge on any atom is -0.400 e. The molecule has 6 heteroatoms. The fourth-order valence-electron chi connectivity index (χ4n) is 7.28. The van der Waals surface area contributed by atoms with Crippen molar-refractivity contribution in [3.05, 3.63) is 35.0 Å². The molecule has 1 aromatic heterocycles. The summed E-state index contributed by atoms with van der Waals surface area (Å²) in [6.45, 7) is 8.13. The van der Waals surface area contributed by atoms with Gasteiger partial charge in [0.1, 0.15) is 0 Å². The van der Waals surface area contributed by atoms with Crippen LogP contribution in [0.3, 0.4) is 0 Å². The number of rotatable bonds is 8. The molecule has 2 heterocycles. The summed E-state index contributed by atoms with van der Waals surface area (Å²) in [7, 11) is 1.00. The van der Waals surface area contributed by atoms with Crippen LogP contribution in [0.15, 0.2) is 24.4 Å². The number of aliphatic hydroxyl groups excluding tert-OH is 1. The molecule has 35 heavy (non-hydrogen) atoms. The molecule has 2 aliphatic carbocycles. The van der Waals surface area contributed by atoms with Gasteiger partial charge in [0.2, 0.25) is 0 Å². The average molecular weight is 503 g/mol. The SMILES string of the molecule is CCC1CC2CC(C)CC(CCNC(=O)c3cn(CCC4COC4)c4cccc(Cl)c34)(C1)C2.CO. The highest BCUT2D eigenvalue weighted by atomic mass is 35.5. The van der Waals surface area contributed by atoms with Gasteiger partial charge in [-0.15, -0.1) is 0 Å². The van der Waals surface area contributed by atoms with Crippen molar-refractivity contribution in [3.63, 3.8) is 0 Å². The van der Waals surface area contributed by atoms with Crippen molar-refractivity contribution in [3.8, 4) is 0 Å². The summed E-state index contributed by atoms with van der Waals surface area (Å²) < 4.78 is 7.52. The lowest BCUT2D eigenvalue weighted by Crippen LogP contribution is -2.41. The first-order valence-electron chi connectivity index (χ1n) is 13.5. The smallest absolute Gasteiger partial charge is 0.253 e. The van der Waals surface area contributed by atoms with Crippen molar-refractivity contribution in [1.29, 1.82) is 0 Å². The Bertz CT molecular complexity index is 997. The van der Waals surface area contributed by atoms with Crippen LogP contribution in [0.1, 0.15) is 75.6 Å². The zero-order valence-electron chi connectivity index (χ0n) is 21.7. The van der Waals surface area contributed by atoms with E-state index in [1.165, 1.54) is 38.5 Å². The van der Waals surface area contributed by atoms with E-state index in [0.29, 0.717) is 21.9 Å². The number of nitrogens with zero attached hydrogens (tertiary/aromatic N) is 1. The largest absolute Gasteiger partial charge is 0.400 e. The number of hydrogen-bond donors (Lipinski definition) is 2. The van der Waals surface area contributed by atoms with Gasteiger partial charge in [-0.2, -0.15) is 0 Å². The zero-order valence-corrected chi connectivity index (χ0v) is 22.4. The second-order valence-corrected chi connectivity index (χ2v) is 11.8. The van der Waals surface area contributed by atoms with Gasteiger partial charge in [0.05, 0.1) is 29.3 Å².